The zero-order chi connectivity index (χ0) is 30.3. The topological polar surface area (TPSA) is 123 Å². The van der Waals surface area contributed by atoms with Crippen LogP contribution in [0.25, 0.3) is 0 Å². The number of carboxylic acid groups (broad SMARTS) is 2. The van der Waals surface area contributed by atoms with E-state index in [9.17, 15) is 19.8 Å². The molecule has 5 aliphatic heterocycles. The summed E-state index contributed by atoms with van der Waals surface area (Å²) in [6, 6.07) is 0.294. The van der Waals surface area contributed by atoms with Gasteiger partial charge in [-0.15, -0.1) is 13.2 Å². The van der Waals surface area contributed by atoms with Crippen LogP contribution in [0.15, 0.2) is 83.7 Å². The maximum Gasteiger partial charge on any atom is 0.303 e. The summed E-state index contributed by atoms with van der Waals surface area (Å²) in [4.78, 5) is 23.2. The van der Waals surface area contributed by atoms with Gasteiger partial charge in [-0.25, -0.2) is 0 Å². The number of carboxylic acids is 2. The van der Waals surface area contributed by atoms with Gasteiger partial charge in [-0.05, 0) is 54.6 Å². The molecular formula is C34H46N4O4. The molecule has 0 aliphatic carbocycles. The molecule has 6 N–H and O–H groups in total. The van der Waals surface area contributed by atoms with E-state index in [1.54, 1.807) is 0 Å². The van der Waals surface area contributed by atoms with Crippen LogP contribution in [0.3, 0.4) is 0 Å². The zero-order valence-electron chi connectivity index (χ0n) is 25.2. The second kappa shape index (κ2) is 12.0. The number of fused-ring (bicyclic) bond motifs is 8. The lowest BCUT2D eigenvalue weighted by molar-refractivity contribution is -0.138. The predicted molar refractivity (Wildman–Crippen MR) is 165 cm³/mol. The van der Waals surface area contributed by atoms with E-state index in [4.69, 9.17) is 0 Å². The predicted octanol–water partition coefficient (Wildman–Crippen LogP) is 4.80. The third kappa shape index (κ3) is 5.61. The minimum atomic E-state index is -0.820. The first-order valence-corrected chi connectivity index (χ1v) is 15.4. The van der Waals surface area contributed by atoms with Crippen molar-refractivity contribution in [2.75, 3.05) is 0 Å². The first-order valence-electron chi connectivity index (χ1n) is 15.4. The Morgan fingerprint density at radius 1 is 0.810 bits per heavy atom. The first kappa shape index (κ1) is 30.0. The number of nitrogens with one attached hydrogen (secondary N) is 4. The van der Waals surface area contributed by atoms with Crippen LogP contribution in [0.4, 0.5) is 0 Å². The van der Waals surface area contributed by atoms with Crippen LogP contribution in [-0.2, 0) is 9.59 Å². The van der Waals surface area contributed by atoms with Crippen molar-refractivity contribution in [3.8, 4) is 0 Å². The summed E-state index contributed by atoms with van der Waals surface area (Å²) in [6.45, 7) is 17.2. The largest absolute Gasteiger partial charge is 0.481 e. The maximum absolute atomic E-state index is 11.6. The van der Waals surface area contributed by atoms with Crippen molar-refractivity contribution in [1.82, 2.24) is 21.3 Å². The van der Waals surface area contributed by atoms with Crippen LogP contribution in [0.5, 0.6) is 0 Å². The third-order valence-corrected chi connectivity index (χ3v) is 10.4. The molecule has 0 aromatic heterocycles. The Morgan fingerprint density at radius 2 is 1.48 bits per heavy atom. The molecule has 0 saturated carbocycles. The highest BCUT2D eigenvalue weighted by molar-refractivity contribution is 5.67. The smallest absolute Gasteiger partial charge is 0.303 e. The van der Waals surface area contributed by atoms with Gasteiger partial charge in [0.15, 0.2) is 0 Å². The third-order valence-electron chi connectivity index (χ3n) is 10.4. The molecule has 3 fully saturated rings. The Labute approximate surface area is 249 Å². The summed E-state index contributed by atoms with van der Waals surface area (Å²) in [5, 5.41) is 34.0. The fourth-order valence-corrected chi connectivity index (χ4v) is 7.70. The van der Waals surface area contributed by atoms with Gasteiger partial charge in [0, 0.05) is 83.0 Å². The Bertz CT molecular complexity index is 1310. The van der Waals surface area contributed by atoms with Crippen molar-refractivity contribution >= 4 is 11.9 Å². The van der Waals surface area contributed by atoms with Gasteiger partial charge in [0.05, 0.1) is 6.04 Å². The van der Waals surface area contributed by atoms with Crippen LogP contribution in [0, 0.1) is 41.4 Å². The Morgan fingerprint density at radius 3 is 2.14 bits per heavy atom. The van der Waals surface area contributed by atoms with Crippen LogP contribution in [0.1, 0.15) is 53.4 Å². The van der Waals surface area contributed by atoms with E-state index >= 15 is 0 Å². The molecule has 8 heteroatoms. The van der Waals surface area contributed by atoms with Gasteiger partial charge in [-0.1, -0.05) is 39.8 Å². The fourth-order valence-electron chi connectivity index (χ4n) is 7.70. The Kier molecular flexibility index (Phi) is 8.56. The van der Waals surface area contributed by atoms with E-state index in [0.29, 0.717) is 18.8 Å². The maximum atomic E-state index is 11.6. The van der Waals surface area contributed by atoms with Crippen LogP contribution >= 0.6 is 0 Å². The van der Waals surface area contributed by atoms with Gasteiger partial charge < -0.3 is 31.5 Å². The van der Waals surface area contributed by atoms with Crippen LogP contribution in [0.2, 0.25) is 0 Å². The molecule has 42 heavy (non-hydrogen) atoms. The summed E-state index contributed by atoms with van der Waals surface area (Å²) < 4.78 is 0. The zero-order valence-corrected chi connectivity index (χ0v) is 25.2. The fraction of sp³-hybridized carbons (Fsp3) is 0.529. The lowest BCUT2D eigenvalue weighted by Crippen LogP contribution is -2.31. The number of carbonyl (C=O) groups is 2. The van der Waals surface area contributed by atoms with E-state index in [2.05, 4.69) is 92.5 Å². The quantitative estimate of drug-likeness (QED) is 0.229. The number of hydrogen-bond acceptors (Lipinski definition) is 6. The molecule has 0 aromatic carbocycles. The molecule has 8 nitrogen and oxygen atoms in total. The van der Waals surface area contributed by atoms with Crippen LogP contribution in [-0.4, -0.2) is 40.3 Å². The number of allylic oxidation sites excluding steroid dienone is 5. The van der Waals surface area contributed by atoms with Crippen molar-refractivity contribution < 1.29 is 19.8 Å². The highest BCUT2D eigenvalue weighted by atomic mass is 16.4. The number of hydrogen-bond donors (Lipinski definition) is 6. The molecule has 0 aromatic rings. The van der Waals surface area contributed by atoms with Gasteiger partial charge in [-0.3, -0.25) is 9.59 Å². The second-order valence-corrected chi connectivity index (χ2v) is 12.8. The second-order valence-electron chi connectivity index (χ2n) is 12.8. The van der Waals surface area contributed by atoms with E-state index in [1.165, 1.54) is 5.70 Å². The minimum absolute atomic E-state index is 0.00321. The average Bonchev–Trinajstić information content (AvgIpc) is 3.59. The SMILES string of the molecule is C=CC1C2C=C3NC(=CC4=C(CCC(=O)O)C(C)C(=CC5NC(C=C(N2)C1C)C(C=C)C5C)N4)C(CCC(=O)O)C3C. The first-order chi connectivity index (χ1) is 20.0. The molecule has 10 unspecified atom stereocenters. The van der Waals surface area contributed by atoms with Crippen LogP contribution < -0.4 is 21.3 Å². The average molecular weight is 575 g/mol. The molecule has 226 valence electrons. The van der Waals surface area contributed by atoms with Gasteiger partial charge in [0.25, 0.3) is 0 Å². The van der Waals surface area contributed by atoms with E-state index in [0.717, 1.165) is 28.4 Å². The molecule has 5 aliphatic rings. The lowest BCUT2D eigenvalue weighted by Gasteiger charge is -2.18. The van der Waals surface area contributed by atoms with Gasteiger partial charge >= 0.3 is 11.9 Å². The molecule has 3 saturated heterocycles. The van der Waals surface area contributed by atoms with Crippen molar-refractivity contribution in [3.05, 3.63) is 83.7 Å². The minimum Gasteiger partial charge on any atom is -0.481 e. The molecule has 0 spiro atoms. The summed E-state index contributed by atoms with van der Waals surface area (Å²) in [6.07, 6.45) is 14.2. The van der Waals surface area contributed by atoms with E-state index in [-0.39, 0.29) is 66.5 Å². The summed E-state index contributed by atoms with van der Waals surface area (Å²) in [5.74, 6) is -0.429. The molecular weight excluding hydrogens is 528 g/mol. The molecule has 8 bridgehead atoms. The highest BCUT2D eigenvalue weighted by Crippen LogP contribution is 2.42. The van der Waals surface area contributed by atoms with Crippen molar-refractivity contribution in [3.63, 3.8) is 0 Å². The van der Waals surface area contributed by atoms with Gasteiger partial charge in [0.1, 0.15) is 0 Å². The molecule has 5 heterocycles. The van der Waals surface area contributed by atoms with Crippen molar-refractivity contribution in [1.29, 1.82) is 0 Å². The lowest BCUT2D eigenvalue weighted by atomic mass is 9.85. The van der Waals surface area contributed by atoms with Crippen molar-refractivity contribution in [2.24, 2.45) is 41.4 Å². The molecule has 0 amide bonds. The molecule has 5 rings (SSSR count). The summed E-state index contributed by atoms with van der Waals surface area (Å²) in [5.41, 5.74) is 6.30. The number of aliphatic carboxylic acids is 2. The normalized spacial score (nSPS) is 37.0. The molecule has 10 atom stereocenters. The monoisotopic (exact) mass is 574 g/mol. The summed E-state index contributed by atoms with van der Waals surface area (Å²) in [7, 11) is 0. The number of rotatable bonds is 8. The Hall–Kier alpha value is -3.52. The summed E-state index contributed by atoms with van der Waals surface area (Å²) >= 11 is 0. The molecule has 0 radical (unpaired) electrons. The van der Waals surface area contributed by atoms with Gasteiger partial charge in [-0.2, -0.15) is 0 Å². The van der Waals surface area contributed by atoms with E-state index < -0.39 is 11.9 Å². The highest BCUT2D eigenvalue weighted by Gasteiger charge is 2.42. The van der Waals surface area contributed by atoms with E-state index in [1.807, 2.05) is 6.08 Å². The standard InChI is InChI=1S/C34H46N4O4/c1-7-21-17(3)25-13-26-19(5)23(9-11-33(39)40)31(37-26)16-32-24(10-12-34(41)42)20(6)28(38-32)15-30-22(8-2)18(4)27(36-30)14-29(21)35-25/h7-8,13-22,24-25,29-30,35-38H,1-2,9-12H2,3-6H3,(H,39,40)(H,41,42). The van der Waals surface area contributed by atoms with Gasteiger partial charge in [0.2, 0.25) is 0 Å². The van der Waals surface area contributed by atoms with Crippen molar-refractivity contribution in [2.45, 2.75) is 71.5 Å². The Balaban J connectivity index is 1.64.